The first kappa shape index (κ1) is 21.8. The number of amides is 1. The monoisotopic (exact) mass is 443 g/mol. The maximum atomic E-state index is 12.4. The number of benzene rings is 2. The molecular formula is C25H25N5OS. The van der Waals surface area contributed by atoms with Crippen molar-refractivity contribution in [1.82, 2.24) is 9.97 Å². The minimum absolute atomic E-state index is 0.113. The largest absolute Gasteiger partial charge is 0.354 e. The van der Waals surface area contributed by atoms with Crippen molar-refractivity contribution in [2.45, 2.75) is 24.3 Å². The Morgan fingerprint density at radius 1 is 1.06 bits per heavy atom. The summed E-state index contributed by atoms with van der Waals surface area (Å²) in [6.07, 6.45) is 6.74. The first-order chi connectivity index (χ1) is 15.7. The quantitative estimate of drug-likeness (QED) is 0.540. The molecule has 0 aliphatic carbocycles. The lowest BCUT2D eigenvalue weighted by atomic mass is 9.90. The second-order valence-electron chi connectivity index (χ2n) is 7.83. The third-order valence-electron chi connectivity index (χ3n) is 5.57. The van der Waals surface area contributed by atoms with Gasteiger partial charge in [-0.05, 0) is 55.0 Å². The molecule has 0 spiro atoms. The van der Waals surface area contributed by atoms with Crippen LogP contribution in [0.1, 0.15) is 24.0 Å². The Hall–Kier alpha value is -3.37. The third-order valence-corrected chi connectivity index (χ3v) is 6.53. The van der Waals surface area contributed by atoms with Crippen LogP contribution in [0.3, 0.4) is 0 Å². The lowest BCUT2D eigenvalue weighted by molar-refractivity contribution is -0.113. The van der Waals surface area contributed by atoms with Gasteiger partial charge in [0.15, 0.2) is 5.82 Å². The van der Waals surface area contributed by atoms with E-state index in [4.69, 9.17) is 5.26 Å². The van der Waals surface area contributed by atoms with Crippen molar-refractivity contribution >= 4 is 29.2 Å². The zero-order valence-electron chi connectivity index (χ0n) is 17.8. The van der Waals surface area contributed by atoms with Crippen molar-refractivity contribution in [2.75, 3.05) is 29.1 Å². The number of nitriles is 1. The smallest absolute Gasteiger partial charge is 0.234 e. The molecule has 32 heavy (non-hydrogen) atoms. The normalized spacial score (nSPS) is 14.0. The number of rotatable bonds is 7. The Morgan fingerprint density at radius 2 is 1.78 bits per heavy atom. The summed E-state index contributed by atoms with van der Waals surface area (Å²) in [7, 11) is 0. The van der Waals surface area contributed by atoms with E-state index in [1.165, 1.54) is 17.3 Å². The highest BCUT2D eigenvalue weighted by atomic mass is 32.2. The van der Waals surface area contributed by atoms with Crippen LogP contribution in [0.15, 0.2) is 72.0 Å². The summed E-state index contributed by atoms with van der Waals surface area (Å²) >= 11 is 1.40. The van der Waals surface area contributed by atoms with E-state index in [-0.39, 0.29) is 11.7 Å². The highest BCUT2D eigenvalue weighted by molar-refractivity contribution is 8.00. The zero-order valence-corrected chi connectivity index (χ0v) is 18.6. The summed E-state index contributed by atoms with van der Waals surface area (Å²) in [4.78, 5) is 23.7. The van der Waals surface area contributed by atoms with E-state index in [2.05, 4.69) is 56.6 Å². The molecule has 1 aliphatic heterocycles. The lowest BCUT2D eigenvalue weighted by Crippen LogP contribution is -2.35. The van der Waals surface area contributed by atoms with Crippen LogP contribution in [0.5, 0.6) is 0 Å². The van der Waals surface area contributed by atoms with E-state index < -0.39 is 0 Å². The molecule has 2 heterocycles. The van der Waals surface area contributed by atoms with E-state index >= 15 is 0 Å². The number of carbonyl (C=O) groups is 1. The van der Waals surface area contributed by atoms with Gasteiger partial charge in [-0.3, -0.25) is 4.79 Å². The van der Waals surface area contributed by atoms with Crippen LogP contribution in [0.4, 0.5) is 11.5 Å². The fraction of sp³-hybridized carbons (Fsp3) is 0.280. The van der Waals surface area contributed by atoms with E-state index in [0.717, 1.165) is 43.2 Å². The maximum Gasteiger partial charge on any atom is 0.234 e. The molecule has 2 aromatic carbocycles. The van der Waals surface area contributed by atoms with Crippen LogP contribution in [0.2, 0.25) is 0 Å². The van der Waals surface area contributed by atoms with Gasteiger partial charge in [0.25, 0.3) is 0 Å². The first-order valence-electron chi connectivity index (χ1n) is 10.7. The molecule has 1 saturated heterocycles. The molecule has 0 bridgehead atoms. The number of hydrogen-bond donors (Lipinski definition) is 1. The molecule has 1 amide bonds. The Balaban J connectivity index is 1.31. The van der Waals surface area contributed by atoms with Crippen molar-refractivity contribution in [1.29, 1.82) is 5.26 Å². The highest BCUT2D eigenvalue weighted by Gasteiger charge is 2.23. The van der Waals surface area contributed by atoms with Gasteiger partial charge >= 0.3 is 0 Å². The molecule has 1 aromatic heterocycles. The van der Waals surface area contributed by atoms with Crippen LogP contribution in [-0.4, -0.2) is 34.7 Å². The Kier molecular flexibility index (Phi) is 7.36. The number of nitrogens with one attached hydrogen (secondary N) is 1. The molecule has 0 unspecified atom stereocenters. The number of carbonyl (C=O) groups excluding carboxylic acids is 1. The van der Waals surface area contributed by atoms with Crippen molar-refractivity contribution in [2.24, 2.45) is 5.92 Å². The lowest BCUT2D eigenvalue weighted by Gasteiger charge is -2.33. The predicted molar refractivity (Wildman–Crippen MR) is 128 cm³/mol. The molecule has 0 atom stereocenters. The molecular weight excluding hydrogens is 418 g/mol. The van der Waals surface area contributed by atoms with E-state index in [1.54, 1.807) is 36.7 Å². The number of anilines is 2. The number of aromatic nitrogens is 2. The fourth-order valence-electron chi connectivity index (χ4n) is 3.89. The molecule has 6 nitrogen and oxygen atoms in total. The van der Waals surface area contributed by atoms with Gasteiger partial charge < -0.3 is 10.2 Å². The standard InChI is InChI=1S/C25H25N5OS/c26-17-21-6-8-22(9-7-21)29-23(31)18-32-25-24(27-12-13-28-25)30-14-10-20(11-15-30)16-19-4-2-1-3-5-19/h1-9,12-13,20H,10-11,14-16,18H2,(H,29,31). The third kappa shape index (κ3) is 5.86. The summed E-state index contributed by atoms with van der Waals surface area (Å²) in [5, 5.41) is 12.5. The molecule has 7 heteroatoms. The molecule has 1 aliphatic rings. The molecule has 1 N–H and O–H groups in total. The van der Waals surface area contributed by atoms with Crippen molar-refractivity contribution in [3.05, 3.63) is 78.1 Å². The Bertz CT molecular complexity index is 1070. The van der Waals surface area contributed by atoms with Crippen LogP contribution >= 0.6 is 11.8 Å². The minimum atomic E-state index is -0.113. The zero-order chi connectivity index (χ0) is 22.2. The Labute approximate surface area is 192 Å². The van der Waals surface area contributed by atoms with Gasteiger partial charge in [-0.15, -0.1) is 0 Å². The van der Waals surface area contributed by atoms with Gasteiger partial charge in [0.1, 0.15) is 5.03 Å². The summed E-state index contributed by atoms with van der Waals surface area (Å²) in [5.41, 5.74) is 2.64. The fourth-order valence-corrected chi connectivity index (χ4v) is 4.68. The molecule has 4 rings (SSSR count). The van der Waals surface area contributed by atoms with Gasteiger partial charge in [-0.1, -0.05) is 42.1 Å². The van der Waals surface area contributed by atoms with Crippen LogP contribution in [0.25, 0.3) is 0 Å². The van der Waals surface area contributed by atoms with Crippen LogP contribution in [-0.2, 0) is 11.2 Å². The average Bonchev–Trinajstić information content (AvgIpc) is 2.85. The van der Waals surface area contributed by atoms with Crippen LogP contribution < -0.4 is 10.2 Å². The molecule has 3 aromatic rings. The number of hydrogen-bond acceptors (Lipinski definition) is 6. The first-order valence-corrected chi connectivity index (χ1v) is 11.7. The highest BCUT2D eigenvalue weighted by Crippen LogP contribution is 2.30. The molecule has 1 fully saturated rings. The number of thioether (sulfide) groups is 1. The number of piperidine rings is 1. The molecule has 162 valence electrons. The predicted octanol–water partition coefficient (Wildman–Crippen LogP) is 4.54. The second-order valence-corrected chi connectivity index (χ2v) is 8.80. The van der Waals surface area contributed by atoms with Crippen LogP contribution in [0, 0.1) is 17.2 Å². The van der Waals surface area contributed by atoms with Crippen molar-refractivity contribution < 1.29 is 4.79 Å². The van der Waals surface area contributed by atoms with Gasteiger partial charge in [-0.2, -0.15) is 5.26 Å². The maximum absolute atomic E-state index is 12.4. The molecule has 0 saturated carbocycles. The van der Waals surface area contributed by atoms with E-state index in [0.29, 0.717) is 17.2 Å². The minimum Gasteiger partial charge on any atom is -0.354 e. The van der Waals surface area contributed by atoms with E-state index in [1.807, 2.05) is 0 Å². The summed E-state index contributed by atoms with van der Waals surface area (Å²) in [6.45, 7) is 1.89. The van der Waals surface area contributed by atoms with Gasteiger partial charge in [0.05, 0.1) is 17.4 Å². The SMILES string of the molecule is N#Cc1ccc(NC(=O)CSc2nccnc2N2CCC(Cc3ccccc3)CC2)cc1. The Morgan fingerprint density at radius 3 is 2.50 bits per heavy atom. The van der Waals surface area contributed by atoms with Crippen molar-refractivity contribution in [3.8, 4) is 6.07 Å². The van der Waals surface area contributed by atoms with Gasteiger partial charge in [0, 0.05) is 31.2 Å². The topological polar surface area (TPSA) is 81.9 Å². The second kappa shape index (κ2) is 10.8. The van der Waals surface area contributed by atoms with E-state index in [9.17, 15) is 4.79 Å². The van der Waals surface area contributed by atoms with Gasteiger partial charge in [-0.25, -0.2) is 9.97 Å². The number of nitrogens with zero attached hydrogens (tertiary/aromatic N) is 4. The summed E-state index contributed by atoms with van der Waals surface area (Å²) in [5.74, 6) is 1.68. The van der Waals surface area contributed by atoms with Gasteiger partial charge in [0.2, 0.25) is 5.91 Å². The summed E-state index contributed by atoms with van der Waals surface area (Å²) < 4.78 is 0. The average molecular weight is 444 g/mol. The van der Waals surface area contributed by atoms with Crippen molar-refractivity contribution in [3.63, 3.8) is 0 Å². The molecule has 0 radical (unpaired) electrons. The summed E-state index contributed by atoms with van der Waals surface area (Å²) in [6, 6.07) is 19.6.